The summed E-state index contributed by atoms with van der Waals surface area (Å²) in [6.07, 6.45) is 1.88. The van der Waals surface area contributed by atoms with Gasteiger partial charge in [0.05, 0.1) is 22.3 Å². The summed E-state index contributed by atoms with van der Waals surface area (Å²) in [7, 11) is 0. The molecular weight excluding hydrogens is 986 g/mol. The minimum Gasteiger partial charge on any atom is -0.507 e. The van der Waals surface area contributed by atoms with Crippen molar-refractivity contribution in [1.82, 2.24) is 14.5 Å². The van der Waals surface area contributed by atoms with Crippen LogP contribution in [0.4, 0.5) is 0 Å². The van der Waals surface area contributed by atoms with Crippen LogP contribution < -0.4 is 0 Å². The maximum Gasteiger partial charge on any atom is 0.148 e. The quantitative estimate of drug-likeness (QED) is 0.154. The molecule has 1 N–H and O–H groups in total. The average molecular weight is 1060 g/mol. The molecule has 4 nitrogen and oxygen atoms in total. The third-order valence-electron chi connectivity index (χ3n) is 12.8. The molecule has 0 fully saturated rings. The Bertz CT molecular complexity index is 3160. The largest absolute Gasteiger partial charge is 0.507 e. The second-order valence-electron chi connectivity index (χ2n) is 21.5. The van der Waals surface area contributed by atoms with Gasteiger partial charge in [-0.05, 0) is 104 Å². The molecule has 8 aromatic rings. The SMILES string of the molecule is [2H]C([2H])([2H])c1ccc(-n2c(-c3cc(C(C)C)cc(C(C)C)c3O)nc3c(-c4[c-]c(-c5cc(-c6ccc(C(C)(C)C)cc6)ccn5)cc(C(C)(C)C)c4)cccc32)c(-c2ccc(C(C)(C)C)cc2)c1.[Pt]. The van der Waals surface area contributed by atoms with E-state index in [1.807, 2.05) is 12.3 Å². The van der Waals surface area contributed by atoms with Gasteiger partial charge in [-0.2, -0.15) is 0 Å². The predicted octanol–water partition coefficient (Wildman–Crippen LogP) is 16.7. The molecule has 0 unspecified atom stereocenters. The molecule has 0 amide bonds. The number of hydrogen-bond acceptors (Lipinski definition) is 3. The Labute approximate surface area is 413 Å². The second-order valence-corrected chi connectivity index (χ2v) is 21.5. The number of phenolic OH excluding ortho intramolecular Hbond substituents is 1. The van der Waals surface area contributed by atoms with Crippen molar-refractivity contribution in [3.63, 3.8) is 0 Å². The molecule has 66 heavy (non-hydrogen) atoms. The zero-order valence-electron chi connectivity index (χ0n) is 43.9. The van der Waals surface area contributed by atoms with E-state index in [1.54, 1.807) is 12.1 Å². The first-order valence-corrected chi connectivity index (χ1v) is 23.1. The number of para-hydroxylation sites is 1. The Morgan fingerprint density at radius 3 is 1.80 bits per heavy atom. The number of imidazole rings is 1. The van der Waals surface area contributed by atoms with Gasteiger partial charge in [-0.25, -0.2) is 4.98 Å². The maximum absolute atomic E-state index is 12.3. The van der Waals surface area contributed by atoms with Gasteiger partial charge in [0.2, 0.25) is 0 Å². The molecule has 2 aromatic heterocycles. The van der Waals surface area contributed by atoms with Crippen molar-refractivity contribution >= 4 is 11.0 Å². The van der Waals surface area contributed by atoms with Crippen LogP contribution in [0.5, 0.6) is 5.75 Å². The van der Waals surface area contributed by atoms with Crippen molar-refractivity contribution in [3.05, 3.63) is 167 Å². The number of aromatic hydroxyl groups is 1. The van der Waals surface area contributed by atoms with E-state index in [4.69, 9.17) is 14.1 Å². The summed E-state index contributed by atoms with van der Waals surface area (Å²) < 4.78 is 27.5. The van der Waals surface area contributed by atoms with Crippen LogP contribution in [0.3, 0.4) is 0 Å². The molecule has 0 aliphatic carbocycles. The van der Waals surface area contributed by atoms with Crippen LogP contribution >= 0.6 is 0 Å². The average Bonchev–Trinajstić information content (AvgIpc) is 3.67. The van der Waals surface area contributed by atoms with Crippen molar-refractivity contribution in [2.24, 2.45) is 0 Å². The van der Waals surface area contributed by atoms with Crippen LogP contribution in [0.1, 0.15) is 139 Å². The van der Waals surface area contributed by atoms with Gasteiger partial charge in [0.1, 0.15) is 11.6 Å². The first kappa shape index (κ1) is 44.3. The van der Waals surface area contributed by atoms with Crippen LogP contribution in [-0.4, -0.2) is 19.6 Å². The van der Waals surface area contributed by atoms with Gasteiger partial charge >= 0.3 is 0 Å². The van der Waals surface area contributed by atoms with E-state index in [-0.39, 0.29) is 60.5 Å². The van der Waals surface area contributed by atoms with Crippen LogP contribution in [0.2, 0.25) is 0 Å². The van der Waals surface area contributed by atoms with Crippen molar-refractivity contribution in [1.29, 1.82) is 0 Å². The zero-order valence-corrected chi connectivity index (χ0v) is 43.2. The van der Waals surface area contributed by atoms with Gasteiger partial charge in [-0.1, -0.05) is 186 Å². The first-order valence-electron chi connectivity index (χ1n) is 24.6. The summed E-state index contributed by atoms with van der Waals surface area (Å²) in [5.74, 6) is 0.959. The standard InChI is InChI=1S/C61H66N3O.Pt/c1-37(2)43-34-50(38(3)4)57(65)52(35-43)58-63-56-49(16-15-17-55(56)64(58)54-27-18-39(5)30-51(54)41-21-25-47(26-22-41)60(9,10)11)44-31-45(33-48(32-44)61(12,13)14)53-36-42(28-29-62-53)40-19-23-46(24-20-40)59(6,7)8;/h15-30,32-38,65H,1-14H3;/q-1;/i5D3;. The number of phenols is 1. The monoisotopic (exact) mass is 1050 g/mol. The van der Waals surface area contributed by atoms with E-state index >= 15 is 0 Å². The normalized spacial score (nSPS) is 13.2. The smallest absolute Gasteiger partial charge is 0.148 e. The summed E-state index contributed by atoms with van der Waals surface area (Å²) in [6, 6.07) is 45.5. The van der Waals surface area contributed by atoms with Crippen molar-refractivity contribution in [2.75, 3.05) is 0 Å². The number of nitrogens with zero attached hydrogens (tertiary/aromatic N) is 3. The van der Waals surface area contributed by atoms with E-state index in [2.05, 4.69) is 204 Å². The fourth-order valence-corrected chi connectivity index (χ4v) is 8.68. The third-order valence-corrected chi connectivity index (χ3v) is 12.8. The molecule has 0 aliphatic heterocycles. The number of pyridine rings is 1. The predicted molar refractivity (Wildman–Crippen MR) is 276 cm³/mol. The Kier molecular flexibility index (Phi) is 12.2. The summed E-state index contributed by atoms with van der Waals surface area (Å²) in [5.41, 5.74) is 15.7. The minimum atomic E-state index is -2.33. The molecule has 0 saturated carbocycles. The molecule has 0 atom stereocenters. The Balaban J connectivity index is 0.00000703. The molecule has 6 aromatic carbocycles. The number of aryl methyl sites for hydroxylation is 1. The Hall–Kier alpha value is -5.57. The first-order chi connectivity index (χ1) is 31.8. The molecule has 0 radical (unpaired) electrons. The number of benzene rings is 6. The zero-order chi connectivity index (χ0) is 49.2. The van der Waals surface area contributed by atoms with Crippen molar-refractivity contribution in [2.45, 2.75) is 125 Å². The van der Waals surface area contributed by atoms with E-state index < -0.39 is 6.85 Å². The van der Waals surface area contributed by atoms with Gasteiger partial charge in [-0.15, -0.1) is 29.3 Å². The Morgan fingerprint density at radius 1 is 0.591 bits per heavy atom. The summed E-state index contributed by atoms with van der Waals surface area (Å²) in [6.45, 7) is 26.1. The maximum atomic E-state index is 12.3. The molecule has 0 spiro atoms. The van der Waals surface area contributed by atoms with E-state index in [0.29, 0.717) is 11.4 Å². The molecule has 8 rings (SSSR count). The molecule has 0 bridgehead atoms. The molecule has 2 heterocycles. The van der Waals surface area contributed by atoms with Gasteiger partial charge in [-0.3, -0.25) is 9.55 Å². The molecule has 0 aliphatic rings. The van der Waals surface area contributed by atoms with Gasteiger partial charge in [0.25, 0.3) is 0 Å². The van der Waals surface area contributed by atoms with Crippen molar-refractivity contribution < 1.29 is 30.3 Å². The molecular formula is C61H66N3OPt-. The fraction of sp³-hybridized carbons (Fsp3) is 0.311. The molecule has 0 saturated heterocycles. The summed E-state index contributed by atoms with van der Waals surface area (Å²) >= 11 is 0. The van der Waals surface area contributed by atoms with Crippen LogP contribution in [-0.2, 0) is 37.3 Å². The molecule has 5 heteroatoms. The van der Waals surface area contributed by atoms with Gasteiger partial charge in [0, 0.05) is 42.6 Å². The number of rotatable bonds is 8. The number of fused-ring (bicyclic) bond motifs is 1. The van der Waals surface area contributed by atoms with E-state index in [9.17, 15) is 5.11 Å². The molecule has 342 valence electrons. The number of aromatic nitrogens is 3. The fourth-order valence-electron chi connectivity index (χ4n) is 8.68. The Morgan fingerprint density at radius 2 is 1.21 bits per heavy atom. The summed E-state index contributed by atoms with van der Waals surface area (Å²) in [4.78, 5) is 10.5. The van der Waals surface area contributed by atoms with E-state index in [0.717, 1.165) is 78.0 Å². The number of hydrogen-bond donors (Lipinski definition) is 1. The minimum absolute atomic E-state index is 0. The van der Waals surface area contributed by atoms with Crippen LogP contribution in [0.25, 0.3) is 72.7 Å². The topological polar surface area (TPSA) is 50.9 Å². The van der Waals surface area contributed by atoms with Crippen LogP contribution in [0, 0.1) is 12.9 Å². The summed E-state index contributed by atoms with van der Waals surface area (Å²) in [5, 5.41) is 12.3. The van der Waals surface area contributed by atoms with Gasteiger partial charge in [0.15, 0.2) is 0 Å². The third kappa shape index (κ3) is 9.63. The van der Waals surface area contributed by atoms with Crippen LogP contribution in [0.15, 0.2) is 128 Å². The van der Waals surface area contributed by atoms with Crippen molar-refractivity contribution in [3.8, 4) is 67.5 Å². The second kappa shape index (κ2) is 18.3. The van der Waals surface area contributed by atoms with Gasteiger partial charge < -0.3 is 5.11 Å². The van der Waals surface area contributed by atoms with E-state index in [1.165, 1.54) is 11.1 Å².